The van der Waals surface area contributed by atoms with E-state index in [1.807, 2.05) is 0 Å². The summed E-state index contributed by atoms with van der Waals surface area (Å²) in [5, 5.41) is 0. The summed E-state index contributed by atoms with van der Waals surface area (Å²) in [6.45, 7) is 0. The fourth-order valence-corrected chi connectivity index (χ4v) is 0. The Morgan fingerprint density at radius 1 is 1.20 bits per heavy atom. The Morgan fingerprint density at radius 3 is 1.20 bits per heavy atom. The summed E-state index contributed by atoms with van der Waals surface area (Å²) in [4.78, 5) is 0. The van der Waals surface area contributed by atoms with Crippen LogP contribution in [0.4, 0.5) is 0 Å². The predicted molar refractivity (Wildman–Crippen MR) is 30.9 cm³/mol. The van der Waals surface area contributed by atoms with Gasteiger partial charge < -0.3 is 0 Å². The number of hydrogen-bond acceptors (Lipinski definition) is 1. The van der Waals surface area contributed by atoms with E-state index in [2.05, 4.69) is 17.1 Å². The van der Waals surface area contributed by atoms with Crippen molar-refractivity contribution in [2.24, 2.45) is 0 Å². The van der Waals surface area contributed by atoms with Gasteiger partial charge in [0, 0.05) is 0 Å². The normalized spacial score (nSPS) is 11.8. The molecule has 0 aliphatic heterocycles. The van der Waals surface area contributed by atoms with Crippen LogP contribution in [0.15, 0.2) is 0 Å². The van der Waals surface area contributed by atoms with Gasteiger partial charge in [-0.05, 0) is 0 Å². The van der Waals surface area contributed by atoms with Crippen LogP contribution in [0.25, 0.3) is 0 Å². The Kier molecular flexibility index (Phi) is 1.72. The first-order valence-electron chi connectivity index (χ1n) is 1.52. The van der Waals surface area contributed by atoms with E-state index in [0.29, 0.717) is 0 Å². The Labute approximate surface area is 39.8 Å². The molecule has 2 heteroatoms. The molecule has 0 saturated heterocycles. The van der Waals surface area contributed by atoms with Crippen molar-refractivity contribution in [3.63, 3.8) is 0 Å². The van der Waals surface area contributed by atoms with Crippen molar-refractivity contribution in [1.29, 1.82) is 0 Å². The van der Waals surface area contributed by atoms with Gasteiger partial charge in [0.25, 0.3) is 0 Å². The van der Waals surface area contributed by atoms with E-state index >= 15 is 0 Å². The van der Waals surface area contributed by atoms with E-state index in [-0.39, 0.29) is 0 Å². The molecule has 0 saturated carbocycles. The molecule has 0 fully saturated rings. The zero-order chi connectivity index (χ0) is 4.50. The molecule has 0 bridgehead atoms. The van der Waals surface area contributed by atoms with Crippen LogP contribution in [0.2, 0.25) is 17.1 Å². The van der Waals surface area contributed by atoms with E-state index in [1.54, 1.807) is 0 Å². The molecule has 0 atom stereocenters. The predicted octanol–water partition coefficient (Wildman–Crippen LogP) is 2.02. The molecule has 0 aromatic rings. The molecule has 0 nitrogen and oxygen atoms in total. The molecule has 0 N–H and O–H groups in total. The first-order chi connectivity index (χ1) is 2.00. The van der Waals surface area contributed by atoms with Gasteiger partial charge in [0.15, 0.2) is 0 Å². The molecular formula is C3H9AsS. The van der Waals surface area contributed by atoms with Crippen molar-refractivity contribution in [3.8, 4) is 0 Å². The SMILES string of the molecule is C[As](C)(C)=S. The van der Waals surface area contributed by atoms with Crippen molar-refractivity contribution >= 4 is 22.3 Å². The molecule has 0 aromatic carbocycles. The van der Waals surface area contributed by atoms with Gasteiger partial charge in [-0.15, -0.1) is 0 Å². The zero-order valence-electron chi connectivity index (χ0n) is 3.86. The monoisotopic (exact) mass is 152 g/mol. The third-order valence-electron chi connectivity index (χ3n) is 0. The first-order valence-corrected chi connectivity index (χ1v) is 9.82. The van der Waals surface area contributed by atoms with Crippen LogP contribution in [-0.4, -0.2) is 11.9 Å². The molecule has 0 amide bonds. The van der Waals surface area contributed by atoms with Crippen molar-refractivity contribution < 1.29 is 0 Å². The van der Waals surface area contributed by atoms with Crippen LogP contribution in [0, 0.1) is 0 Å². The second-order valence-corrected chi connectivity index (χ2v) is 15.5. The van der Waals surface area contributed by atoms with E-state index in [1.165, 1.54) is 0 Å². The van der Waals surface area contributed by atoms with Crippen LogP contribution in [0.3, 0.4) is 0 Å². The topological polar surface area (TPSA) is 0 Å². The Balaban J connectivity index is 3.47. The molecule has 0 aromatic heterocycles. The summed E-state index contributed by atoms with van der Waals surface area (Å²) in [5.74, 6) is 0. The fourth-order valence-electron chi connectivity index (χ4n) is 0. The Hall–Kier alpha value is 0.778. The fraction of sp³-hybridized carbons (Fsp3) is 1.00. The second-order valence-electron chi connectivity index (χ2n) is 1.89. The average Bonchev–Trinajstić information content (AvgIpc) is 0.722. The molecule has 32 valence electrons. The summed E-state index contributed by atoms with van der Waals surface area (Å²) in [6.07, 6.45) is 0. The molecule has 0 heterocycles. The summed E-state index contributed by atoms with van der Waals surface area (Å²) >= 11 is -1.29. The molecule has 0 rings (SSSR count). The minimum atomic E-state index is -1.29. The zero-order valence-corrected chi connectivity index (χ0v) is 6.55. The van der Waals surface area contributed by atoms with Gasteiger partial charge >= 0.3 is 39.4 Å². The van der Waals surface area contributed by atoms with Crippen LogP contribution in [-0.2, 0) is 0 Å². The van der Waals surface area contributed by atoms with E-state index < -0.39 is 11.9 Å². The van der Waals surface area contributed by atoms with Crippen LogP contribution >= 0.6 is 10.4 Å². The van der Waals surface area contributed by atoms with Crippen molar-refractivity contribution in [1.82, 2.24) is 0 Å². The van der Waals surface area contributed by atoms with E-state index in [4.69, 9.17) is 10.4 Å². The average molecular weight is 152 g/mol. The van der Waals surface area contributed by atoms with Gasteiger partial charge in [0.2, 0.25) is 0 Å². The molecule has 0 radical (unpaired) electrons. The molecule has 0 aliphatic carbocycles. The maximum absolute atomic E-state index is 5.00. The van der Waals surface area contributed by atoms with Crippen molar-refractivity contribution in [2.75, 3.05) is 0 Å². The van der Waals surface area contributed by atoms with Gasteiger partial charge in [0.05, 0.1) is 0 Å². The molecule has 0 aliphatic rings. The molecule has 0 unspecified atom stereocenters. The van der Waals surface area contributed by atoms with Gasteiger partial charge in [-0.1, -0.05) is 0 Å². The molecule has 5 heavy (non-hydrogen) atoms. The van der Waals surface area contributed by atoms with E-state index in [9.17, 15) is 0 Å². The van der Waals surface area contributed by atoms with Crippen molar-refractivity contribution in [2.45, 2.75) is 17.1 Å². The third kappa shape index (κ3) is 60.9. The third-order valence-corrected chi connectivity index (χ3v) is 0. The number of rotatable bonds is 0. The number of hydrogen-bond donors (Lipinski definition) is 0. The molecule has 0 spiro atoms. The van der Waals surface area contributed by atoms with Gasteiger partial charge in [0.1, 0.15) is 0 Å². The van der Waals surface area contributed by atoms with Gasteiger partial charge in [-0.25, -0.2) is 0 Å². The maximum atomic E-state index is 5.00. The standard InChI is InChI=1S/C3H9AsS/c1-4(2,3)5/h1-3H3. The Morgan fingerprint density at radius 2 is 1.20 bits per heavy atom. The summed E-state index contributed by atoms with van der Waals surface area (Å²) in [5.41, 5.74) is 6.52. The Bertz CT molecular complexity index is 53.0. The quantitative estimate of drug-likeness (QED) is 0.478. The minimum absolute atomic E-state index is 1.29. The molecular weight excluding hydrogens is 143 g/mol. The van der Waals surface area contributed by atoms with E-state index in [0.717, 1.165) is 0 Å². The first kappa shape index (κ1) is 5.78. The summed E-state index contributed by atoms with van der Waals surface area (Å²) in [7, 11) is 5.00. The van der Waals surface area contributed by atoms with Gasteiger partial charge in [-0.3, -0.25) is 0 Å². The van der Waals surface area contributed by atoms with Crippen LogP contribution in [0.1, 0.15) is 0 Å². The van der Waals surface area contributed by atoms with Gasteiger partial charge in [-0.2, -0.15) is 0 Å². The second kappa shape index (κ2) is 1.48. The summed E-state index contributed by atoms with van der Waals surface area (Å²) in [6, 6.07) is 0. The van der Waals surface area contributed by atoms with Crippen LogP contribution < -0.4 is 0 Å². The van der Waals surface area contributed by atoms with Crippen LogP contribution in [0.5, 0.6) is 0 Å². The summed E-state index contributed by atoms with van der Waals surface area (Å²) < 4.78 is 0. The van der Waals surface area contributed by atoms with Crippen molar-refractivity contribution in [3.05, 3.63) is 0 Å².